The predicted molar refractivity (Wildman–Crippen MR) is 90.3 cm³/mol. The van der Waals surface area contributed by atoms with Crippen LogP contribution in [0.1, 0.15) is 39.0 Å². The van der Waals surface area contributed by atoms with Crippen molar-refractivity contribution in [1.29, 1.82) is 0 Å². The van der Waals surface area contributed by atoms with E-state index in [1.54, 1.807) is 0 Å². The normalized spacial score (nSPS) is 26.6. The largest absolute Gasteiger partial charge is 0.319 e. The first-order chi connectivity index (χ1) is 9.83. The van der Waals surface area contributed by atoms with Crippen molar-refractivity contribution in [1.82, 2.24) is 5.32 Å². The molecule has 1 aromatic rings. The summed E-state index contributed by atoms with van der Waals surface area (Å²) in [7, 11) is 2.10. The minimum absolute atomic E-state index is 0.902. The monoisotopic (exact) mass is 291 g/mol. The Morgan fingerprint density at radius 3 is 2.65 bits per heavy atom. The van der Waals surface area contributed by atoms with Crippen LogP contribution >= 0.6 is 11.8 Å². The van der Waals surface area contributed by atoms with Gasteiger partial charge in [0.2, 0.25) is 0 Å². The van der Waals surface area contributed by atoms with Gasteiger partial charge in [-0.05, 0) is 68.5 Å². The van der Waals surface area contributed by atoms with E-state index < -0.39 is 0 Å². The first-order valence-corrected chi connectivity index (χ1v) is 9.14. The fourth-order valence-corrected chi connectivity index (χ4v) is 4.53. The molecule has 1 saturated carbocycles. The van der Waals surface area contributed by atoms with Crippen molar-refractivity contribution in [2.24, 2.45) is 17.8 Å². The van der Waals surface area contributed by atoms with Gasteiger partial charge in [-0.2, -0.15) is 0 Å². The molecule has 1 aromatic carbocycles. The maximum Gasteiger partial charge on any atom is 0.00719 e. The summed E-state index contributed by atoms with van der Waals surface area (Å²) in [5, 5.41) is 3.40. The summed E-state index contributed by atoms with van der Waals surface area (Å²) in [4.78, 5) is 1.42. The van der Waals surface area contributed by atoms with Gasteiger partial charge in [-0.15, -0.1) is 11.8 Å². The van der Waals surface area contributed by atoms with E-state index in [-0.39, 0.29) is 0 Å². The third-order valence-corrected chi connectivity index (χ3v) is 5.84. The third-order valence-electron chi connectivity index (χ3n) is 4.79. The summed E-state index contributed by atoms with van der Waals surface area (Å²) in [5.41, 5.74) is 0. The second kappa shape index (κ2) is 8.74. The van der Waals surface area contributed by atoms with E-state index in [2.05, 4.69) is 49.6 Å². The number of benzene rings is 1. The number of rotatable bonds is 7. The minimum atomic E-state index is 0.902. The van der Waals surface area contributed by atoms with Gasteiger partial charge in [-0.1, -0.05) is 38.0 Å². The molecule has 0 amide bonds. The Hall–Kier alpha value is -0.470. The summed E-state index contributed by atoms with van der Waals surface area (Å²) in [6.45, 7) is 3.57. The van der Waals surface area contributed by atoms with E-state index in [0.717, 1.165) is 17.8 Å². The average Bonchev–Trinajstić information content (AvgIpc) is 2.50. The fraction of sp³-hybridized carbons (Fsp3) is 0.667. The van der Waals surface area contributed by atoms with Gasteiger partial charge in [-0.3, -0.25) is 0 Å². The lowest BCUT2D eigenvalue weighted by Crippen LogP contribution is -2.32. The maximum absolute atomic E-state index is 3.40. The number of hydrogen-bond acceptors (Lipinski definition) is 2. The number of thioether (sulfide) groups is 1. The molecule has 1 aliphatic rings. The van der Waals surface area contributed by atoms with Gasteiger partial charge >= 0.3 is 0 Å². The lowest BCUT2D eigenvalue weighted by Gasteiger charge is -2.36. The van der Waals surface area contributed by atoms with Gasteiger partial charge in [-0.25, -0.2) is 0 Å². The van der Waals surface area contributed by atoms with Gasteiger partial charge in [0, 0.05) is 4.90 Å². The molecule has 1 fully saturated rings. The Morgan fingerprint density at radius 1 is 1.15 bits per heavy atom. The molecule has 0 spiro atoms. The Morgan fingerprint density at radius 2 is 1.95 bits per heavy atom. The lowest BCUT2D eigenvalue weighted by molar-refractivity contribution is 0.171. The molecule has 1 nitrogen and oxygen atoms in total. The van der Waals surface area contributed by atoms with Crippen molar-refractivity contribution in [2.45, 2.75) is 43.9 Å². The second-order valence-electron chi connectivity index (χ2n) is 6.12. The van der Waals surface area contributed by atoms with Crippen LogP contribution in [-0.2, 0) is 0 Å². The van der Waals surface area contributed by atoms with Crippen LogP contribution in [0.25, 0.3) is 0 Å². The van der Waals surface area contributed by atoms with Gasteiger partial charge in [0.05, 0.1) is 0 Å². The highest BCUT2D eigenvalue weighted by Crippen LogP contribution is 2.38. The highest BCUT2D eigenvalue weighted by Gasteiger charge is 2.28. The molecular weight excluding hydrogens is 262 g/mol. The predicted octanol–water partition coefficient (Wildman–Crippen LogP) is 4.83. The van der Waals surface area contributed by atoms with Crippen LogP contribution in [0.4, 0.5) is 0 Å². The van der Waals surface area contributed by atoms with E-state index in [0.29, 0.717) is 0 Å². The molecule has 2 rings (SSSR count). The summed E-state index contributed by atoms with van der Waals surface area (Å²) in [5.74, 6) is 4.08. The zero-order chi connectivity index (χ0) is 14.2. The first-order valence-electron chi connectivity index (χ1n) is 8.16. The summed E-state index contributed by atoms with van der Waals surface area (Å²) in [6, 6.07) is 10.8. The molecule has 1 aliphatic carbocycles. The summed E-state index contributed by atoms with van der Waals surface area (Å²) in [6.07, 6.45) is 7.08. The lowest BCUT2D eigenvalue weighted by atomic mass is 9.72. The molecule has 0 radical (unpaired) electrons. The van der Waals surface area contributed by atoms with Crippen LogP contribution in [-0.4, -0.2) is 19.3 Å². The standard InChI is InChI=1S/C18H29NS/c1-3-15-9-10-17(14-19-2)16(13-15)11-12-20-18-7-5-4-6-8-18/h4-8,15-17,19H,3,9-14H2,1-2H3. The van der Waals surface area contributed by atoms with E-state index in [1.807, 2.05) is 11.8 Å². The Balaban J connectivity index is 1.80. The Labute approximate surface area is 128 Å². The molecular formula is C18H29NS. The van der Waals surface area contributed by atoms with Gasteiger partial charge in [0.25, 0.3) is 0 Å². The minimum Gasteiger partial charge on any atom is -0.319 e. The second-order valence-corrected chi connectivity index (χ2v) is 7.28. The van der Waals surface area contributed by atoms with Crippen LogP contribution in [0.5, 0.6) is 0 Å². The summed E-state index contributed by atoms with van der Waals surface area (Å²) >= 11 is 2.02. The van der Waals surface area contributed by atoms with Crippen molar-refractivity contribution < 1.29 is 0 Å². The molecule has 2 heteroatoms. The molecule has 0 saturated heterocycles. The maximum atomic E-state index is 3.40. The third kappa shape index (κ3) is 4.82. The van der Waals surface area contributed by atoms with Crippen molar-refractivity contribution in [3.8, 4) is 0 Å². The topological polar surface area (TPSA) is 12.0 Å². The first kappa shape index (κ1) is 15.9. The zero-order valence-electron chi connectivity index (χ0n) is 13.0. The number of nitrogens with one attached hydrogen (secondary N) is 1. The molecule has 3 unspecified atom stereocenters. The summed E-state index contributed by atoms with van der Waals surface area (Å²) < 4.78 is 0. The fourth-order valence-electron chi connectivity index (χ4n) is 3.52. The van der Waals surface area contributed by atoms with E-state index >= 15 is 0 Å². The average molecular weight is 292 g/mol. The molecule has 112 valence electrons. The molecule has 0 aliphatic heterocycles. The quantitative estimate of drug-likeness (QED) is 0.722. The van der Waals surface area contributed by atoms with Crippen LogP contribution < -0.4 is 5.32 Å². The molecule has 0 aromatic heterocycles. The van der Waals surface area contributed by atoms with Crippen molar-refractivity contribution in [3.05, 3.63) is 30.3 Å². The van der Waals surface area contributed by atoms with Crippen LogP contribution in [0, 0.1) is 17.8 Å². The molecule has 1 N–H and O–H groups in total. The number of hydrogen-bond donors (Lipinski definition) is 1. The van der Waals surface area contributed by atoms with Gasteiger partial charge < -0.3 is 5.32 Å². The van der Waals surface area contributed by atoms with Crippen LogP contribution in [0.15, 0.2) is 35.2 Å². The van der Waals surface area contributed by atoms with E-state index in [4.69, 9.17) is 0 Å². The van der Waals surface area contributed by atoms with Crippen molar-refractivity contribution in [3.63, 3.8) is 0 Å². The molecule has 0 bridgehead atoms. The SMILES string of the molecule is CCC1CCC(CNC)C(CCSc2ccccc2)C1. The highest BCUT2D eigenvalue weighted by atomic mass is 32.2. The van der Waals surface area contributed by atoms with Crippen molar-refractivity contribution in [2.75, 3.05) is 19.3 Å². The molecule has 0 heterocycles. The Bertz CT molecular complexity index is 365. The van der Waals surface area contributed by atoms with E-state index in [9.17, 15) is 0 Å². The zero-order valence-corrected chi connectivity index (χ0v) is 13.8. The highest BCUT2D eigenvalue weighted by molar-refractivity contribution is 7.99. The smallest absolute Gasteiger partial charge is 0.00719 e. The molecule has 3 atom stereocenters. The van der Waals surface area contributed by atoms with Crippen molar-refractivity contribution >= 4 is 11.8 Å². The van der Waals surface area contributed by atoms with E-state index in [1.165, 1.54) is 49.3 Å². The Kier molecular flexibility index (Phi) is 6.95. The van der Waals surface area contributed by atoms with Gasteiger partial charge in [0.15, 0.2) is 0 Å². The van der Waals surface area contributed by atoms with Crippen LogP contribution in [0.3, 0.4) is 0 Å². The van der Waals surface area contributed by atoms with Crippen LogP contribution in [0.2, 0.25) is 0 Å². The van der Waals surface area contributed by atoms with Gasteiger partial charge in [0.1, 0.15) is 0 Å². The molecule has 20 heavy (non-hydrogen) atoms.